The van der Waals surface area contributed by atoms with Gasteiger partial charge < -0.3 is 10.8 Å². The lowest BCUT2D eigenvalue weighted by Gasteiger charge is -2.45. The first-order valence-electron chi connectivity index (χ1n) is 7.13. The first-order valence-corrected chi connectivity index (χ1v) is 7.13. The highest BCUT2D eigenvalue weighted by molar-refractivity contribution is 5.23. The molecule has 1 aromatic rings. The molecule has 1 saturated carbocycles. The maximum Gasteiger partial charge on any atom is 0.131 e. The van der Waals surface area contributed by atoms with Gasteiger partial charge in [-0.25, -0.2) is 8.78 Å². The van der Waals surface area contributed by atoms with Crippen molar-refractivity contribution in [3.63, 3.8) is 0 Å². The van der Waals surface area contributed by atoms with Crippen LogP contribution in [-0.4, -0.2) is 11.7 Å². The van der Waals surface area contributed by atoms with E-state index in [0.717, 1.165) is 31.7 Å². The van der Waals surface area contributed by atoms with E-state index in [-0.39, 0.29) is 11.0 Å². The second-order valence-corrected chi connectivity index (χ2v) is 6.80. The molecule has 0 amide bonds. The van der Waals surface area contributed by atoms with Gasteiger partial charge in [-0.3, -0.25) is 0 Å². The minimum absolute atomic E-state index is 0.150. The summed E-state index contributed by atoms with van der Waals surface area (Å²) < 4.78 is 26.9. The monoisotopic (exact) mass is 283 g/mol. The molecule has 0 radical (unpaired) electrons. The van der Waals surface area contributed by atoms with Crippen LogP contribution in [-0.2, 0) is 0 Å². The van der Waals surface area contributed by atoms with Crippen LogP contribution in [0.15, 0.2) is 18.2 Å². The van der Waals surface area contributed by atoms with E-state index in [4.69, 9.17) is 5.73 Å². The van der Waals surface area contributed by atoms with Gasteiger partial charge in [-0.05, 0) is 37.2 Å². The minimum Gasteiger partial charge on any atom is -0.388 e. The number of nitrogens with two attached hydrogens (primary N) is 1. The Morgan fingerprint density at radius 1 is 1.20 bits per heavy atom. The number of aliphatic hydroxyl groups is 1. The molecule has 1 unspecified atom stereocenters. The van der Waals surface area contributed by atoms with Crippen molar-refractivity contribution < 1.29 is 13.9 Å². The van der Waals surface area contributed by atoms with Crippen LogP contribution in [0.25, 0.3) is 0 Å². The van der Waals surface area contributed by atoms with Crippen molar-refractivity contribution in [1.82, 2.24) is 0 Å². The molecule has 112 valence electrons. The summed E-state index contributed by atoms with van der Waals surface area (Å²) in [6, 6.07) is 3.32. The molecule has 1 aliphatic rings. The average Bonchev–Trinajstić information content (AvgIpc) is 2.39. The first-order chi connectivity index (χ1) is 9.30. The fourth-order valence-corrected chi connectivity index (χ4v) is 3.07. The molecule has 0 aromatic heterocycles. The summed E-state index contributed by atoms with van der Waals surface area (Å²) in [6.07, 6.45) is 2.43. The highest BCUT2D eigenvalue weighted by Crippen LogP contribution is 2.50. The lowest BCUT2D eigenvalue weighted by molar-refractivity contribution is -0.0253. The van der Waals surface area contributed by atoms with Crippen LogP contribution in [0.3, 0.4) is 0 Å². The Bertz CT molecular complexity index is 477. The van der Waals surface area contributed by atoms with Crippen molar-refractivity contribution in [1.29, 1.82) is 0 Å². The summed E-state index contributed by atoms with van der Waals surface area (Å²) in [5.74, 6) is -1.33. The third-order valence-electron chi connectivity index (χ3n) is 4.84. The van der Waals surface area contributed by atoms with Crippen LogP contribution in [0.5, 0.6) is 0 Å². The van der Waals surface area contributed by atoms with Crippen molar-refractivity contribution in [3.8, 4) is 0 Å². The lowest BCUT2D eigenvalue weighted by atomic mass is 9.62. The molecule has 20 heavy (non-hydrogen) atoms. The molecule has 1 aliphatic carbocycles. The van der Waals surface area contributed by atoms with Gasteiger partial charge in [-0.2, -0.15) is 0 Å². The van der Waals surface area contributed by atoms with Gasteiger partial charge >= 0.3 is 0 Å². The van der Waals surface area contributed by atoms with E-state index in [1.54, 1.807) is 0 Å². The van der Waals surface area contributed by atoms with Gasteiger partial charge in [0.15, 0.2) is 0 Å². The van der Waals surface area contributed by atoms with Crippen LogP contribution >= 0.6 is 0 Å². The van der Waals surface area contributed by atoms with Crippen molar-refractivity contribution >= 4 is 0 Å². The highest BCUT2D eigenvalue weighted by atomic mass is 19.1. The Morgan fingerprint density at radius 3 is 2.30 bits per heavy atom. The topological polar surface area (TPSA) is 46.2 Å². The van der Waals surface area contributed by atoms with Crippen molar-refractivity contribution in [2.75, 3.05) is 6.54 Å². The number of benzene rings is 1. The maximum atomic E-state index is 13.9. The molecule has 2 nitrogen and oxygen atoms in total. The molecule has 3 N–H and O–H groups in total. The van der Waals surface area contributed by atoms with Gasteiger partial charge in [0.25, 0.3) is 0 Å². The normalized spacial score (nSPS) is 22.5. The molecular weight excluding hydrogens is 260 g/mol. The molecule has 0 saturated heterocycles. The molecule has 0 heterocycles. The number of hydrogen-bond donors (Lipinski definition) is 2. The molecule has 1 fully saturated rings. The van der Waals surface area contributed by atoms with E-state index in [0.29, 0.717) is 6.54 Å². The summed E-state index contributed by atoms with van der Waals surface area (Å²) in [7, 11) is 0. The van der Waals surface area contributed by atoms with Gasteiger partial charge in [0.05, 0.1) is 6.10 Å². The standard InChI is InChI=1S/C16H23F2NO/c1-15(2)5-7-16(10-19,8-6-15)14(20)12-4-3-11(17)9-13(12)18/h3-4,9,14,20H,5-8,10,19H2,1-2H3. The molecule has 0 spiro atoms. The van der Waals surface area contributed by atoms with Crippen LogP contribution in [0, 0.1) is 22.5 Å². The van der Waals surface area contributed by atoms with E-state index in [9.17, 15) is 13.9 Å². The predicted molar refractivity (Wildman–Crippen MR) is 75.1 cm³/mol. The zero-order valence-corrected chi connectivity index (χ0v) is 12.1. The smallest absolute Gasteiger partial charge is 0.131 e. The van der Waals surface area contributed by atoms with Crippen LogP contribution in [0.2, 0.25) is 0 Å². The highest BCUT2D eigenvalue weighted by Gasteiger charge is 2.43. The lowest BCUT2D eigenvalue weighted by Crippen LogP contribution is -2.42. The van der Waals surface area contributed by atoms with Gasteiger partial charge in [0, 0.05) is 23.6 Å². The number of rotatable bonds is 3. The molecule has 0 bridgehead atoms. The fourth-order valence-electron chi connectivity index (χ4n) is 3.07. The fraction of sp³-hybridized carbons (Fsp3) is 0.625. The third-order valence-corrected chi connectivity index (χ3v) is 4.84. The predicted octanol–water partition coefficient (Wildman–Crippen LogP) is 3.54. The zero-order valence-electron chi connectivity index (χ0n) is 12.1. The molecule has 1 aromatic carbocycles. The van der Waals surface area contributed by atoms with Crippen molar-refractivity contribution in [2.45, 2.75) is 45.6 Å². The first kappa shape index (κ1) is 15.4. The molecule has 1 atom stereocenters. The van der Waals surface area contributed by atoms with Crippen molar-refractivity contribution in [3.05, 3.63) is 35.4 Å². The molecule has 0 aliphatic heterocycles. The number of hydrogen-bond acceptors (Lipinski definition) is 2. The zero-order chi connectivity index (χ0) is 15.0. The van der Waals surface area contributed by atoms with E-state index >= 15 is 0 Å². The SMILES string of the molecule is CC1(C)CCC(CN)(C(O)c2ccc(F)cc2F)CC1. The van der Waals surface area contributed by atoms with E-state index < -0.39 is 23.2 Å². The van der Waals surface area contributed by atoms with Gasteiger partial charge in [-0.1, -0.05) is 19.9 Å². The summed E-state index contributed by atoms with van der Waals surface area (Å²) in [6.45, 7) is 4.69. The van der Waals surface area contributed by atoms with Crippen LogP contribution in [0.1, 0.15) is 51.2 Å². The summed E-state index contributed by atoms with van der Waals surface area (Å²) in [4.78, 5) is 0. The summed E-state index contributed by atoms with van der Waals surface area (Å²) in [5, 5.41) is 10.6. The van der Waals surface area contributed by atoms with Gasteiger partial charge in [0.2, 0.25) is 0 Å². The Balaban J connectivity index is 2.27. The maximum absolute atomic E-state index is 13.9. The Morgan fingerprint density at radius 2 is 1.80 bits per heavy atom. The molecular formula is C16H23F2NO. The second-order valence-electron chi connectivity index (χ2n) is 6.80. The number of halogens is 2. The Labute approximate surface area is 119 Å². The van der Waals surface area contributed by atoms with E-state index in [1.807, 2.05) is 0 Å². The van der Waals surface area contributed by atoms with Crippen LogP contribution < -0.4 is 5.73 Å². The second kappa shape index (κ2) is 5.41. The van der Waals surface area contributed by atoms with Crippen molar-refractivity contribution in [2.24, 2.45) is 16.6 Å². The van der Waals surface area contributed by atoms with Crippen LogP contribution in [0.4, 0.5) is 8.78 Å². The minimum atomic E-state index is -0.982. The van der Waals surface area contributed by atoms with Gasteiger partial charge in [-0.15, -0.1) is 0 Å². The molecule has 4 heteroatoms. The summed E-state index contributed by atoms with van der Waals surface area (Å²) >= 11 is 0. The third kappa shape index (κ3) is 2.86. The van der Waals surface area contributed by atoms with Gasteiger partial charge in [0.1, 0.15) is 11.6 Å². The number of aliphatic hydroxyl groups excluding tert-OH is 1. The Kier molecular flexibility index (Phi) is 4.17. The molecule has 2 rings (SSSR count). The Hall–Kier alpha value is -1.00. The quantitative estimate of drug-likeness (QED) is 0.891. The van der Waals surface area contributed by atoms with E-state index in [2.05, 4.69) is 13.8 Å². The largest absolute Gasteiger partial charge is 0.388 e. The summed E-state index contributed by atoms with van der Waals surface area (Å²) in [5.41, 5.74) is 5.77. The van der Waals surface area contributed by atoms with E-state index in [1.165, 1.54) is 12.1 Å². The average molecular weight is 283 g/mol.